The zero-order valence-corrected chi connectivity index (χ0v) is 9.27. The molecule has 1 aromatic rings. The third kappa shape index (κ3) is 2.18. The van der Waals surface area contributed by atoms with Crippen LogP contribution in [0, 0.1) is 10.7 Å². The van der Waals surface area contributed by atoms with Gasteiger partial charge in [-0.1, -0.05) is 26.7 Å². The van der Waals surface area contributed by atoms with Crippen LogP contribution in [0.1, 0.15) is 39.7 Å². The first-order valence-corrected chi connectivity index (χ1v) is 5.23. The van der Waals surface area contributed by atoms with Crippen molar-refractivity contribution in [2.75, 3.05) is 0 Å². The number of rotatable bonds is 4. The molecule has 1 atom stereocenters. The van der Waals surface area contributed by atoms with Gasteiger partial charge in [0.2, 0.25) is 0 Å². The number of nitrogens with one attached hydrogen (secondary N) is 1. The van der Waals surface area contributed by atoms with E-state index >= 15 is 0 Å². The Morgan fingerprint density at radius 2 is 2.15 bits per heavy atom. The van der Waals surface area contributed by atoms with Crippen molar-refractivity contribution in [2.24, 2.45) is 5.92 Å². The normalized spacial score (nSPS) is 13.5. The zero-order valence-electron chi connectivity index (χ0n) is 8.45. The standard InChI is InChI=1S/C9H17N3S/c1-4-8(5-2)7(3)12-6-10-11-9(12)13/h6-8H,4-5H2,1-3H3,(H,11,13). The molecule has 0 bridgehead atoms. The molecule has 1 N–H and O–H groups in total. The second-order valence-electron chi connectivity index (χ2n) is 3.39. The molecular weight excluding hydrogens is 182 g/mol. The fourth-order valence-electron chi connectivity index (χ4n) is 1.74. The van der Waals surface area contributed by atoms with Gasteiger partial charge in [-0.25, -0.2) is 0 Å². The van der Waals surface area contributed by atoms with Gasteiger partial charge in [0.1, 0.15) is 6.33 Å². The molecule has 0 fully saturated rings. The molecule has 1 aromatic heterocycles. The van der Waals surface area contributed by atoms with Crippen molar-refractivity contribution >= 4 is 12.2 Å². The second kappa shape index (κ2) is 4.56. The minimum absolute atomic E-state index is 0.446. The molecule has 13 heavy (non-hydrogen) atoms. The molecule has 1 rings (SSSR count). The van der Waals surface area contributed by atoms with E-state index < -0.39 is 0 Å². The minimum atomic E-state index is 0.446. The summed E-state index contributed by atoms with van der Waals surface area (Å²) in [5, 5.41) is 6.71. The summed E-state index contributed by atoms with van der Waals surface area (Å²) < 4.78 is 2.76. The van der Waals surface area contributed by atoms with Crippen LogP contribution in [-0.4, -0.2) is 14.8 Å². The maximum atomic E-state index is 5.12. The predicted molar refractivity (Wildman–Crippen MR) is 56.2 cm³/mol. The topological polar surface area (TPSA) is 33.6 Å². The fourth-order valence-corrected chi connectivity index (χ4v) is 2.01. The first-order chi connectivity index (χ1) is 6.20. The lowest BCUT2D eigenvalue weighted by Crippen LogP contribution is -2.14. The SMILES string of the molecule is CCC(CC)C(C)n1cn[nH]c1=S. The van der Waals surface area contributed by atoms with Crippen LogP contribution >= 0.6 is 12.2 Å². The number of aromatic nitrogens is 3. The van der Waals surface area contributed by atoms with Crippen LogP contribution in [0.4, 0.5) is 0 Å². The smallest absolute Gasteiger partial charge is 0.195 e. The molecule has 0 spiro atoms. The molecule has 3 nitrogen and oxygen atoms in total. The van der Waals surface area contributed by atoms with Crippen LogP contribution in [0.15, 0.2) is 6.33 Å². The van der Waals surface area contributed by atoms with Gasteiger partial charge in [-0.2, -0.15) is 5.10 Å². The van der Waals surface area contributed by atoms with Gasteiger partial charge in [-0.3, -0.25) is 5.10 Å². The van der Waals surface area contributed by atoms with E-state index in [1.165, 1.54) is 12.8 Å². The molecule has 0 radical (unpaired) electrons. The molecule has 0 aliphatic heterocycles. The third-order valence-corrected chi connectivity index (χ3v) is 3.05. The van der Waals surface area contributed by atoms with Gasteiger partial charge in [-0.05, 0) is 25.1 Å². The lowest BCUT2D eigenvalue weighted by molar-refractivity contribution is 0.330. The lowest BCUT2D eigenvalue weighted by atomic mass is 9.95. The van der Waals surface area contributed by atoms with Crippen LogP contribution in [0.2, 0.25) is 0 Å². The Balaban J connectivity index is 2.83. The van der Waals surface area contributed by atoms with Crippen LogP contribution < -0.4 is 0 Å². The third-order valence-electron chi connectivity index (χ3n) is 2.75. The van der Waals surface area contributed by atoms with E-state index in [1.807, 2.05) is 4.57 Å². The monoisotopic (exact) mass is 199 g/mol. The van der Waals surface area contributed by atoms with Gasteiger partial charge >= 0.3 is 0 Å². The molecule has 0 aliphatic rings. The van der Waals surface area contributed by atoms with E-state index in [4.69, 9.17) is 12.2 Å². The van der Waals surface area contributed by atoms with E-state index in [0.717, 1.165) is 4.77 Å². The highest BCUT2D eigenvalue weighted by Crippen LogP contribution is 2.23. The highest BCUT2D eigenvalue weighted by molar-refractivity contribution is 7.71. The van der Waals surface area contributed by atoms with Crippen molar-refractivity contribution < 1.29 is 0 Å². The van der Waals surface area contributed by atoms with Crippen LogP contribution in [0.25, 0.3) is 0 Å². The van der Waals surface area contributed by atoms with Crippen molar-refractivity contribution in [3.8, 4) is 0 Å². The second-order valence-corrected chi connectivity index (χ2v) is 3.77. The quantitative estimate of drug-likeness (QED) is 0.756. The zero-order chi connectivity index (χ0) is 9.84. The van der Waals surface area contributed by atoms with Gasteiger partial charge in [0, 0.05) is 6.04 Å². The molecule has 0 saturated heterocycles. The predicted octanol–water partition coefficient (Wildman–Crippen LogP) is 2.94. The Hall–Kier alpha value is -0.640. The largest absolute Gasteiger partial charge is 0.304 e. The van der Waals surface area contributed by atoms with Gasteiger partial charge in [0.05, 0.1) is 0 Å². The van der Waals surface area contributed by atoms with Crippen molar-refractivity contribution in [3.63, 3.8) is 0 Å². The average Bonchev–Trinajstić information content (AvgIpc) is 2.53. The molecule has 74 valence electrons. The Morgan fingerprint density at radius 3 is 2.54 bits per heavy atom. The Bertz CT molecular complexity index is 298. The molecular formula is C9H17N3S. The molecule has 1 unspecified atom stereocenters. The molecule has 0 aliphatic carbocycles. The van der Waals surface area contributed by atoms with Crippen LogP contribution in [0.5, 0.6) is 0 Å². The minimum Gasteiger partial charge on any atom is -0.304 e. The number of aromatic amines is 1. The maximum Gasteiger partial charge on any atom is 0.195 e. The molecule has 0 aromatic carbocycles. The number of H-pyrrole nitrogens is 1. The van der Waals surface area contributed by atoms with E-state index in [2.05, 4.69) is 31.0 Å². The molecule has 0 saturated carbocycles. The van der Waals surface area contributed by atoms with E-state index in [0.29, 0.717) is 12.0 Å². The fraction of sp³-hybridized carbons (Fsp3) is 0.778. The average molecular weight is 199 g/mol. The van der Waals surface area contributed by atoms with Gasteiger partial charge in [0.15, 0.2) is 4.77 Å². The van der Waals surface area contributed by atoms with Crippen molar-refractivity contribution in [1.29, 1.82) is 0 Å². The Kier molecular flexibility index (Phi) is 3.66. The lowest BCUT2D eigenvalue weighted by Gasteiger charge is -2.21. The molecule has 0 amide bonds. The van der Waals surface area contributed by atoms with Crippen molar-refractivity contribution in [2.45, 2.75) is 39.7 Å². The summed E-state index contributed by atoms with van der Waals surface area (Å²) in [5.41, 5.74) is 0. The van der Waals surface area contributed by atoms with Crippen molar-refractivity contribution in [1.82, 2.24) is 14.8 Å². The number of hydrogen-bond acceptors (Lipinski definition) is 2. The summed E-state index contributed by atoms with van der Waals surface area (Å²) in [6.45, 7) is 6.63. The number of nitrogens with zero attached hydrogens (tertiary/aromatic N) is 2. The molecule has 1 heterocycles. The summed E-state index contributed by atoms with van der Waals surface area (Å²) in [5.74, 6) is 0.685. The summed E-state index contributed by atoms with van der Waals surface area (Å²) in [6, 6.07) is 0.446. The summed E-state index contributed by atoms with van der Waals surface area (Å²) >= 11 is 5.12. The first-order valence-electron chi connectivity index (χ1n) is 4.82. The Morgan fingerprint density at radius 1 is 1.54 bits per heavy atom. The van der Waals surface area contributed by atoms with E-state index in [1.54, 1.807) is 6.33 Å². The van der Waals surface area contributed by atoms with E-state index in [9.17, 15) is 0 Å². The highest BCUT2D eigenvalue weighted by atomic mass is 32.1. The summed E-state index contributed by atoms with van der Waals surface area (Å²) in [4.78, 5) is 0. The summed E-state index contributed by atoms with van der Waals surface area (Å²) in [7, 11) is 0. The molecule has 4 heteroatoms. The Labute approximate surface area is 84.2 Å². The van der Waals surface area contributed by atoms with Gasteiger partial charge < -0.3 is 4.57 Å². The van der Waals surface area contributed by atoms with Crippen LogP contribution in [0.3, 0.4) is 0 Å². The summed E-state index contributed by atoms with van der Waals surface area (Å²) in [6.07, 6.45) is 4.15. The highest BCUT2D eigenvalue weighted by Gasteiger charge is 2.15. The van der Waals surface area contributed by atoms with Gasteiger partial charge in [-0.15, -0.1) is 0 Å². The van der Waals surface area contributed by atoms with Crippen LogP contribution in [-0.2, 0) is 0 Å². The maximum absolute atomic E-state index is 5.12. The first kappa shape index (κ1) is 10.4. The van der Waals surface area contributed by atoms with Crippen molar-refractivity contribution in [3.05, 3.63) is 11.1 Å². The number of hydrogen-bond donors (Lipinski definition) is 1. The van der Waals surface area contributed by atoms with E-state index in [-0.39, 0.29) is 0 Å². The van der Waals surface area contributed by atoms with Gasteiger partial charge in [0.25, 0.3) is 0 Å².